The third-order valence-electron chi connectivity index (χ3n) is 2.29. The van der Waals surface area contributed by atoms with E-state index < -0.39 is 0 Å². The van der Waals surface area contributed by atoms with E-state index in [0.29, 0.717) is 59.5 Å². The van der Waals surface area contributed by atoms with Crippen LogP contribution in [0.4, 0.5) is 0 Å². The molecule has 1 rings (SSSR count). The highest BCUT2D eigenvalue weighted by Gasteiger charge is 2.18. The van der Waals surface area contributed by atoms with Crippen LogP contribution in [-0.2, 0) is 23.7 Å². The Kier molecular flexibility index (Phi) is 7.72. The minimum Gasteiger partial charge on any atom is -0.377 e. The summed E-state index contributed by atoms with van der Waals surface area (Å²) in [6.07, 6.45) is 0. The van der Waals surface area contributed by atoms with Crippen molar-refractivity contribution in [2.45, 2.75) is 19.4 Å². The summed E-state index contributed by atoms with van der Waals surface area (Å²) in [5, 5.41) is 0. The molecule has 0 aliphatic carbocycles. The van der Waals surface area contributed by atoms with Gasteiger partial charge >= 0.3 is 0 Å². The fourth-order valence-electron chi connectivity index (χ4n) is 1.40. The second kappa shape index (κ2) is 8.83. The van der Waals surface area contributed by atoms with E-state index in [0.717, 1.165) is 0 Å². The van der Waals surface area contributed by atoms with Gasteiger partial charge in [0, 0.05) is 0 Å². The third kappa shape index (κ3) is 8.51. The molecular weight excluding hydrogens is 224 g/mol. The van der Waals surface area contributed by atoms with Gasteiger partial charge < -0.3 is 23.7 Å². The van der Waals surface area contributed by atoms with Crippen molar-refractivity contribution in [3.8, 4) is 0 Å². The molecule has 0 aromatic carbocycles. The summed E-state index contributed by atoms with van der Waals surface area (Å²) >= 11 is 0. The summed E-state index contributed by atoms with van der Waals surface area (Å²) in [4.78, 5) is 0. The van der Waals surface area contributed by atoms with Crippen molar-refractivity contribution in [3.05, 3.63) is 0 Å². The van der Waals surface area contributed by atoms with Crippen molar-refractivity contribution < 1.29 is 23.7 Å². The van der Waals surface area contributed by atoms with Crippen LogP contribution in [0.1, 0.15) is 13.8 Å². The zero-order valence-electron chi connectivity index (χ0n) is 10.9. The zero-order valence-corrected chi connectivity index (χ0v) is 10.9. The van der Waals surface area contributed by atoms with Crippen LogP contribution >= 0.6 is 0 Å². The maximum Gasteiger partial charge on any atom is 0.0860 e. The summed E-state index contributed by atoms with van der Waals surface area (Å²) in [6.45, 7) is 9.32. The number of hydrogen-bond acceptors (Lipinski definition) is 5. The number of rotatable bonds is 0. The van der Waals surface area contributed by atoms with Gasteiger partial charge in [0.25, 0.3) is 0 Å². The molecule has 0 aromatic rings. The highest BCUT2D eigenvalue weighted by molar-refractivity contribution is 4.67. The van der Waals surface area contributed by atoms with Gasteiger partial charge in [-0.3, -0.25) is 0 Å². The molecule has 1 aliphatic rings. The Labute approximate surface area is 103 Å². The highest BCUT2D eigenvalue weighted by atomic mass is 16.6. The van der Waals surface area contributed by atoms with Crippen molar-refractivity contribution in [3.63, 3.8) is 0 Å². The lowest BCUT2D eigenvalue weighted by Crippen LogP contribution is -2.32. The normalized spacial score (nSPS) is 25.8. The summed E-state index contributed by atoms with van der Waals surface area (Å²) in [5.74, 6) is 0. The van der Waals surface area contributed by atoms with Gasteiger partial charge in [-0.15, -0.1) is 0 Å². The molecule has 0 N–H and O–H groups in total. The first kappa shape index (κ1) is 14.9. The van der Waals surface area contributed by atoms with Crippen molar-refractivity contribution >= 4 is 0 Å². The smallest absolute Gasteiger partial charge is 0.0860 e. The molecule has 0 amide bonds. The molecule has 0 aromatic heterocycles. The summed E-state index contributed by atoms with van der Waals surface area (Å²) in [7, 11) is 0. The average Bonchev–Trinajstić information content (AvgIpc) is 2.29. The average molecular weight is 248 g/mol. The van der Waals surface area contributed by atoms with E-state index in [1.807, 2.05) is 13.8 Å². The van der Waals surface area contributed by atoms with Crippen LogP contribution < -0.4 is 0 Å². The largest absolute Gasteiger partial charge is 0.377 e. The third-order valence-corrected chi connectivity index (χ3v) is 2.29. The predicted octanol–water partition coefficient (Wildman–Crippen LogP) is 0.862. The van der Waals surface area contributed by atoms with Gasteiger partial charge in [-0.25, -0.2) is 0 Å². The van der Waals surface area contributed by atoms with Gasteiger partial charge in [-0.2, -0.15) is 0 Å². The van der Waals surface area contributed by atoms with Gasteiger partial charge in [0.2, 0.25) is 0 Å². The number of ether oxygens (including phenoxy) is 5. The lowest BCUT2D eigenvalue weighted by molar-refractivity contribution is -0.0939. The van der Waals surface area contributed by atoms with E-state index in [-0.39, 0.29) is 5.60 Å². The molecule has 5 nitrogen and oxygen atoms in total. The maximum atomic E-state index is 5.67. The molecule has 1 heterocycles. The van der Waals surface area contributed by atoms with Crippen LogP contribution in [0.3, 0.4) is 0 Å². The molecule has 5 heteroatoms. The van der Waals surface area contributed by atoms with E-state index in [1.54, 1.807) is 0 Å². The quantitative estimate of drug-likeness (QED) is 0.636. The zero-order chi connectivity index (χ0) is 12.4. The van der Waals surface area contributed by atoms with E-state index >= 15 is 0 Å². The lowest BCUT2D eigenvalue weighted by Gasteiger charge is -2.25. The minimum absolute atomic E-state index is 0.278. The van der Waals surface area contributed by atoms with Crippen molar-refractivity contribution in [2.75, 3.05) is 59.5 Å². The first-order valence-corrected chi connectivity index (χ1v) is 6.16. The predicted molar refractivity (Wildman–Crippen MR) is 63.3 cm³/mol. The topological polar surface area (TPSA) is 46.2 Å². The van der Waals surface area contributed by atoms with E-state index in [9.17, 15) is 0 Å². The molecule has 0 radical (unpaired) electrons. The van der Waals surface area contributed by atoms with Gasteiger partial charge in [0.15, 0.2) is 0 Å². The molecule has 1 fully saturated rings. The molecule has 1 saturated heterocycles. The van der Waals surface area contributed by atoms with Crippen LogP contribution in [0.15, 0.2) is 0 Å². The fraction of sp³-hybridized carbons (Fsp3) is 1.00. The SMILES string of the molecule is CC1(C)COCCOCCOCCOCCO1. The summed E-state index contributed by atoms with van der Waals surface area (Å²) < 4.78 is 27.2. The Morgan fingerprint density at radius 2 is 1.00 bits per heavy atom. The van der Waals surface area contributed by atoms with E-state index in [2.05, 4.69) is 0 Å². The van der Waals surface area contributed by atoms with E-state index in [1.165, 1.54) is 0 Å². The van der Waals surface area contributed by atoms with Crippen LogP contribution in [0.2, 0.25) is 0 Å². The molecule has 0 saturated carbocycles. The molecule has 17 heavy (non-hydrogen) atoms. The molecule has 0 bridgehead atoms. The van der Waals surface area contributed by atoms with Crippen LogP contribution in [0, 0.1) is 0 Å². The van der Waals surface area contributed by atoms with Gasteiger partial charge in [0.1, 0.15) is 0 Å². The van der Waals surface area contributed by atoms with Crippen LogP contribution in [0.25, 0.3) is 0 Å². The Bertz CT molecular complexity index is 166. The van der Waals surface area contributed by atoms with E-state index in [4.69, 9.17) is 23.7 Å². The standard InChI is InChI=1S/C12H24O5/c1-12(2)11-16-8-7-14-4-3-13-5-6-15-9-10-17-12/h3-11H2,1-2H3. The Morgan fingerprint density at radius 3 is 1.53 bits per heavy atom. The lowest BCUT2D eigenvalue weighted by atomic mass is 10.1. The van der Waals surface area contributed by atoms with Gasteiger partial charge in [0.05, 0.1) is 65.1 Å². The van der Waals surface area contributed by atoms with Gasteiger partial charge in [-0.1, -0.05) is 0 Å². The summed E-state index contributed by atoms with van der Waals surface area (Å²) in [5.41, 5.74) is -0.278. The minimum atomic E-state index is -0.278. The molecule has 0 unspecified atom stereocenters. The Morgan fingerprint density at radius 1 is 0.588 bits per heavy atom. The molecule has 102 valence electrons. The molecule has 0 atom stereocenters. The van der Waals surface area contributed by atoms with Crippen LogP contribution in [0.5, 0.6) is 0 Å². The Hall–Kier alpha value is -0.200. The first-order valence-electron chi connectivity index (χ1n) is 6.16. The maximum absolute atomic E-state index is 5.67. The first-order chi connectivity index (χ1) is 8.21. The molecule has 0 spiro atoms. The van der Waals surface area contributed by atoms with Crippen molar-refractivity contribution in [1.29, 1.82) is 0 Å². The monoisotopic (exact) mass is 248 g/mol. The second-order valence-corrected chi connectivity index (χ2v) is 4.50. The molecule has 1 aliphatic heterocycles. The van der Waals surface area contributed by atoms with Crippen molar-refractivity contribution in [2.24, 2.45) is 0 Å². The molecular formula is C12H24O5. The van der Waals surface area contributed by atoms with Gasteiger partial charge in [-0.05, 0) is 13.8 Å². The number of hydrogen-bond donors (Lipinski definition) is 0. The fourth-order valence-corrected chi connectivity index (χ4v) is 1.40. The summed E-state index contributed by atoms with van der Waals surface area (Å²) in [6, 6.07) is 0. The van der Waals surface area contributed by atoms with Crippen LogP contribution in [-0.4, -0.2) is 65.1 Å². The Balaban J connectivity index is 2.22. The second-order valence-electron chi connectivity index (χ2n) is 4.50. The van der Waals surface area contributed by atoms with Crippen molar-refractivity contribution in [1.82, 2.24) is 0 Å². The highest BCUT2D eigenvalue weighted by Crippen LogP contribution is 2.09.